The topological polar surface area (TPSA) is 38.3 Å². The van der Waals surface area contributed by atoms with Gasteiger partial charge in [-0.15, -0.1) is 0 Å². The Balaban J connectivity index is 3.64. The highest BCUT2D eigenvalue weighted by molar-refractivity contribution is 5.75. The molecule has 0 spiro atoms. The predicted molar refractivity (Wildman–Crippen MR) is 39.1 cm³/mol. The van der Waals surface area contributed by atoms with Gasteiger partial charge in [-0.1, -0.05) is 6.58 Å². The number of rotatable bonds is 3. The second-order valence-corrected chi connectivity index (χ2v) is 1.74. The summed E-state index contributed by atoms with van der Waals surface area (Å²) in [6.45, 7) is 4.96. The first-order valence-corrected chi connectivity index (χ1v) is 2.82. The van der Waals surface area contributed by atoms with Crippen molar-refractivity contribution >= 4 is 5.91 Å². The minimum Gasteiger partial charge on any atom is -0.504 e. The third-order valence-corrected chi connectivity index (χ3v) is 0.742. The highest BCUT2D eigenvalue weighted by atomic mass is 16.5. The summed E-state index contributed by atoms with van der Waals surface area (Å²) in [6, 6.07) is 0. The summed E-state index contributed by atoms with van der Waals surface area (Å²) in [4.78, 5) is 10.4. The molecule has 3 nitrogen and oxygen atoms in total. The maximum Gasteiger partial charge on any atom is 0.221 e. The Kier molecular flexibility index (Phi) is 4.04. The summed E-state index contributed by atoms with van der Waals surface area (Å²) in [7, 11) is 1.53. The molecule has 0 aromatic carbocycles. The van der Waals surface area contributed by atoms with Crippen molar-refractivity contribution in [3.05, 3.63) is 24.6 Å². The highest BCUT2D eigenvalue weighted by Crippen LogP contribution is 1.85. The normalized spacial score (nSPS) is 9.40. The molecule has 1 N–H and O–H groups in total. The van der Waals surface area contributed by atoms with Gasteiger partial charge in [0.25, 0.3) is 0 Å². The minimum absolute atomic E-state index is 0.134. The molecule has 0 aliphatic heterocycles. The van der Waals surface area contributed by atoms with Gasteiger partial charge in [0.15, 0.2) is 0 Å². The van der Waals surface area contributed by atoms with E-state index in [4.69, 9.17) is 0 Å². The second kappa shape index (κ2) is 4.61. The Bertz CT molecular complexity index is 161. The number of hydrogen-bond acceptors (Lipinski definition) is 2. The molecule has 0 aliphatic rings. The standard InChI is InChI=1S/C7H11NO2/c1-6(4-5-10-3)8-7(2)9/h4-5H,1H2,2-3H3,(H,8,9)/b5-4-. The van der Waals surface area contributed by atoms with Gasteiger partial charge in [-0.3, -0.25) is 4.79 Å². The molecule has 0 aromatic heterocycles. The molecule has 0 bridgehead atoms. The van der Waals surface area contributed by atoms with Crippen LogP contribution in [0, 0.1) is 0 Å². The van der Waals surface area contributed by atoms with Crippen LogP contribution in [0.15, 0.2) is 24.6 Å². The van der Waals surface area contributed by atoms with Crippen LogP contribution in [0.5, 0.6) is 0 Å². The molecule has 0 atom stereocenters. The Morgan fingerprint density at radius 3 is 2.70 bits per heavy atom. The fourth-order valence-electron chi connectivity index (χ4n) is 0.418. The fraction of sp³-hybridized carbons (Fsp3) is 0.286. The second-order valence-electron chi connectivity index (χ2n) is 1.74. The molecule has 10 heavy (non-hydrogen) atoms. The lowest BCUT2D eigenvalue weighted by molar-refractivity contribution is -0.118. The highest BCUT2D eigenvalue weighted by Gasteiger charge is 1.89. The molecule has 0 fully saturated rings. The van der Waals surface area contributed by atoms with Crippen molar-refractivity contribution < 1.29 is 9.53 Å². The number of hydrogen-bond donors (Lipinski definition) is 1. The van der Waals surface area contributed by atoms with E-state index in [1.807, 2.05) is 0 Å². The number of ether oxygens (including phenoxy) is 1. The minimum atomic E-state index is -0.134. The van der Waals surface area contributed by atoms with Crippen LogP contribution in [0.2, 0.25) is 0 Å². The Morgan fingerprint density at radius 2 is 2.30 bits per heavy atom. The third kappa shape index (κ3) is 4.90. The third-order valence-electron chi connectivity index (χ3n) is 0.742. The Morgan fingerprint density at radius 1 is 1.70 bits per heavy atom. The summed E-state index contributed by atoms with van der Waals surface area (Å²) in [6.07, 6.45) is 3.01. The molecule has 0 saturated carbocycles. The molecule has 3 heteroatoms. The molecule has 56 valence electrons. The quantitative estimate of drug-likeness (QED) is 0.466. The van der Waals surface area contributed by atoms with Gasteiger partial charge in [0.05, 0.1) is 13.4 Å². The molecule has 0 saturated heterocycles. The smallest absolute Gasteiger partial charge is 0.221 e. The SMILES string of the molecule is C=C(/C=C\OC)NC(C)=O. The number of carbonyl (C=O) groups is 1. The van der Waals surface area contributed by atoms with Crippen LogP contribution in [0.4, 0.5) is 0 Å². The monoisotopic (exact) mass is 141 g/mol. The molecule has 0 aromatic rings. The number of allylic oxidation sites excluding steroid dienone is 1. The molecule has 0 heterocycles. The van der Waals surface area contributed by atoms with Crippen LogP contribution >= 0.6 is 0 Å². The van der Waals surface area contributed by atoms with Crippen molar-refractivity contribution in [3.63, 3.8) is 0 Å². The Labute approximate surface area is 60.4 Å². The van der Waals surface area contributed by atoms with E-state index in [0.29, 0.717) is 5.70 Å². The van der Waals surface area contributed by atoms with Crippen LogP contribution in [0.3, 0.4) is 0 Å². The molecule has 0 aliphatic carbocycles. The predicted octanol–water partition coefficient (Wildman–Crippen LogP) is 0.796. The number of nitrogens with one attached hydrogen (secondary N) is 1. The fourth-order valence-corrected chi connectivity index (χ4v) is 0.418. The van der Waals surface area contributed by atoms with E-state index in [-0.39, 0.29) is 5.91 Å². The summed E-state index contributed by atoms with van der Waals surface area (Å²) in [5.74, 6) is -0.134. The maximum atomic E-state index is 10.4. The van der Waals surface area contributed by atoms with Gasteiger partial charge in [0.2, 0.25) is 5.91 Å². The van der Waals surface area contributed by atoms with Gasteiger partial charge in [0, 0.05) is 12.6 Å². The lowest BCUT2D eigenvalue weighted by atomic mass is 10.4. The van der Waals surface area contributed by atoms with Crippen molar-refractivity contribution in [1.29, 1.82) is 0 Å². The molecular formula is C7H11NO2. The van der Waals surface area contributed by atoms with Crippen molar-refractivity contribution in [3.8, 4) is 0 Å². The number of amides is 1. The zero-order valence-corrected chi connectivity index (χ0v) is 6.18. The van der Waals surface area contributed by atoms with Gasteiger partial charge >= 0.3 is 0 Å². The molecule has 0 radical (unpaired) electrons. The zero-order chi connectivity index (χ0) is 7.98. The molecule has 0 rings (SSSR count). The maximum absolute atomic E-state index is 10.4. The van der Waals surface area contributed by atoms with Gasteiger partial charge < -0.3 is 10.1 Å². The Hall–Kier alpha value is -1.25. The average molecular weight is 141 g/mol. The molecule has 1 amide bonds. The number of carbonyl (C=O) groups excluding carboxylic acids is 1. The molecular weight excluding hydrogens is 130 g/mol. The van der Waals surface area contributed by atoms with Crippen LogP contribution in [0.25, 0.3) is 0 Å². The van der Waals surface area contributed by atoms with Crippen molar-refractivity contribution in [2.24, 2.45) is 0 Å². The summed E-state index contributed by atoms with van der Waals surface area (Å²) >= 11 is 0. The van der Waals surface area contributed by atoms with E-state index >= 15 is 0 Å². The van der Waals surface area contributed by atoms with E-state index in [2.05, 4.69) is 16.6 Å². The van der Waals surface area contributed by atoms with Crippen molar-refractivity contribution in [2.75, 3.05) is 7.11 Å². The van der Waals surface area contributed by atoms with Crippen molar-refractivity contribution in [1.82, 2.24) is 5.32 Å². The lowest BCUT2D eigenvalue weighted by Crippen LogP contribution is -2.16. The van der Waals surface area contributed by atoms with Crippen LogP contribution in [-0.2, 0) is 9.53 Å². The first-order chi connectivity index (χ1) is 4.66. The van der Waals surface area contributed by atoms with Gasteiger partial charge in [-0.2, -0.15) is 0 Å². The van der Waals surface area contributed by atoms with Gasteiger partial charge in [-0.25, -0.2) is 0 Å². The summed E-state index contributed by atoms with van der Waals surface area (Å²) in [5, 5.41) is 2.48. The van der Waals surface area contributed by atoms with E-state index in [1.54, 1.807) is 6.08 Å². The summed E-state index contributed by atoms with van der Waals surface area (Å²) in [5.41, 5.74) is 0.523. The van der Waals surface area contributed by atoms with Crippen LogP contribution in [0.1, 0.15) is 6.92 Å². The van der Waals surface area contributed by atoms with E-state index in [0.717, 1.165) is 0 Å². The zero-order valence-electron chi connectivity index (χ0n) is 6.18. The van der Waals surface area contributed by atoms with Gasteiger partial charge in [-0.05, 0) is 6.08 Å². The van der Waals surface area contributed by atoms with Crippen molar-refractivity contribution in [2.45, 2.75) is 6.92 Å². The van der Waals surface area contributed by atoms with E-state index in [9.17, 15) is 4.79 Å². The first-order valence-electron chi connectivity index (χ1n) is 2.82. The van der Waals surface area contributed by atoms with Gasteiger partial charge in [0.1, 0.15) is 0 Å². The van der Waals surface area contributed by atoms with Crippen LogP contribution in [-0.4, -0.2) is 13.0 Å². The largest absolute Gasteiger partial charge is 0.504 e. The lowest BCUT2D eigenvalue weighted by Gasteiger charge is -1.97. The average Bonchev–Trinajstić information content (AvgIpc) is 1.82. The first kappa shape index (κ1) is 8.75. The summed E-state index contributed by atoms with van der Waals surface area (Å²) < 4.78 is 4.60. The molecule has 0 unspecified atom stereocenters. The van der Waals surface area contributed by atoms with Crippen LogP contribution < -0.4 is 5.32 Å². The number of methoxy groups -OCH3 is 1. The van der Waals surface area contributed by atoms with E-state index < -0.39 is 0 Å². The van der Waals surface area contributed by atoms with E-state index in [1.165, 1.54) is 20.3 Å².